The van der Waals surface area contributed by atoms with Crippen molar-refractivity contribution in [1.82, 2.24) is 0 Å². The molecule has 0 fully saturated rings. The molecule has 8 heteroatoms. The van der Waals surface area contributed by atoms with Gasteiger partial charge in [0.05, 0.1) is 11.8 Å². The normalized spacial score (nSPS) is 11.9. The SMILES string of the molecule is FC(F)Oc1cc(C(F)(F)F)ccc1Oc1ccc2ccoc2c1. The lowest BCUT2D eigenvalue weighted by molar-refractivity contribution is -0.138. The van der Waals surface area contributed by atoms with Crippen LogP contribution in [0, 0.1) is 0 Å². The van der Waals surface area contributed by atoms with Gasteiger partial charge in [-0.2, -0.15) is 22.0 Å². The van der Waals surface area contributed by atoms with Crippen molar-refractivity contribution in [2.75, 3.05) is 0 Å². The van der Waals surface area contributed by atoms with Crippen LogP contribution in [0.4, 0.5) is 22.0 Å². The highest BCUT2D eigenvalue weighted by Gasteiger charge is 2.32. The summed E-state index contributed by atoms with van der Waals surface area (Å²) in [5, 5.41) is 0.791. The van der Waals surface area contributed by atoms with Gasteiger partial charge >= 0.3 is 12.8 Å². The molecular weight excluding hydrogens is 335 g/mol. The molecular formula is C16H9F5O3. The number of hydrogen-bond donors (Lipinski definition) is 0. The van der Waals surface area contributed by atoms with Crippen molar-refractivity contribution in [1.29, 1.82) is 0 Å². The van der Waals surface area contributed by atoms with Crippen molar-refractivity contribution in [2.24, 2.45) is 0 Å². The van der Waals surface area contributed by atoms with E-state index in [1.54, 1.807) is 12.1 Å². The third kappa shape index (κ3) is 3.42. The maximum atomic E-state index is 12.7. The quantitative estimate of drug-likeness (QED) is 0.557. The smallest absolute Gasteiger partial charge is 0.416 e. The van der Waals surface area contributed by atoms with E-state index in [9.17, 15) is 22.0 Å². The van der Waals surface area contributed by atoms with Gasteiger partial charge in [0.15, 0.2) is 11.5 Å². The molecule has 2 aromatic carbocycles. The summed E-state index contributed by atoms with van der Waals surface area (Å²) in [6, 6.07) is 8.49. The molecule has 0 aliphatic rings. The average molecular weight is 344 g/mol. The van der Waals surface area contributed by atoms with Crippen LogP contribution in [0.5, 0.6) is 17.2 Å². The number of rotatable bonds is 4. The Bertz CT molecular complexity index is 854. The Labute approximate surface area is 132 Å². The molecule has 0 radical (unpaired) electrons. The summed E-state index contributed by atoms with van der Waals surface area (Å²) in [5.74, 6) is -0.773. The maximum Gasteiger partial charge on any atom is 0.416 e. The minimum atomic E-state index is -4.69. The van der Waals surface area contributed by atoms with Crippen molar-refractivity contribution >= 4 is 11.0 Å². The molecule has 3 rings (SSSR count). The van der Waals surface area contributed by atoms with Gasteiger partial charge in [0, 0.05) is 11.5 Å². The van der Waals surface area contributed by atoms with Gasteiger partial charge < -0.3 is 13.9 Å². The molecule has 3 nitrogen and oxygen atoms in total. The Morgan fingerprint density at radius 3 is 2.42 bits per heavy atom. The second-order valence-electron chi connectivity index (χ2n) is 4.76. The van der Waals surface area contributed by atoms with Gasteiger partial charge in [-0.15, -0.1) is 0 Å². The van der Waals surface area contributed by atoms with E-state index in [-0.39, 0.29) is 11.5 Å². The lowest BCUT2D eigenvalue weighted by Crippen LogP contribution is -2.08. The first kappa shape index (κ1) is 16.1. The Kier molecular flexibility index (Phi) is 4.04. The fourth-order valence-corrected chi connectivity index (χ4v) is 2.08. The van der Waals surface area contributed by atoms with E-state index in [1.807, 2.05) is 0 Å². The standard InChI is InChI=1S/C16H9F5O3/c17-15(18)24-14-7-10(16(19,20)21)2-4-12(14)23-11-3-1-9-5-6-22-13(9)8-11/h1-8,15H. The zero-order valence-corrected chi connectivity index (χ0v) is 11.8. The Morgan fingerprint density at radius 2 is 1.71 bits per heavy atom. The van der Waals surface area contributed by atoms with Crippen LogP contribution >= 0.6 is 0 Å². The van der Waals surface area contributed by atoms with Crippen molar-refractivity contribution < 1.29 is 35.8 Å². The van der Waals surface area contributed by atoms with Gasteiger partial charge in [-0.25, -0.2) is 0 Å². The first-order valence-corrected chi connectivity index (χ1v) is 6.64. The van der Waals surface area contributed by atoms with Crippen molar-refractivity contribution in [3.63, 3.8) is 0 Å². The van der Waals surface area contributed by atoms with Crippen molar-refractivity contribution in [3.05, 3.63) is 54.3 Å². The topological polar surface area (TPSA) is 31.6 Å². The van der Waals surface area contributed by atoms with Crippen LogP contribution in [0.3, 0.4) is 0 Å². The van der Waals surface area contributed by atoms with Crippen LogP contribution in [0.25, 0.3) is 11.0 Å². The Balaban J connectivity index is 1.95. The molecule has 0 bridgehead atoms. The molecule has 0 spiro atoms. The summed E-state index contributed by atoms with van der Waals surface area (Å²) in [5.41, 5.74) is -0.636. The second-order valence-corrected chi connectivity index (χ2v) is 4.76. The number of hydrogen-bond acceptors (Lipinski definition) is 3. The van der Waals surface area contributed by atoms with E-state index >= 15 is 0 Å². The van der Waals surface area contributed by atoms with Gasteiger partial charge in [-0.1, -0.05) is 0 Å². The predicted octanol–water partition coefficient (Wildman–Crippen LogP) is 5.85. The van der Waals surface area contributed by atoms with E-state index in [4.69, 9.17) is 9.15 Å². The lowest BCUT2D eigenvalue weighted by Gasteiger charge is -2.14. The van der Waals surface area contributed by atoms with Gasteiger partial charge in [-0.3, -0.25) is 0 Å². The number of benzene rings is 2. The lowest BCUT2D eigenvalue weighted by atomic mass is 10.2. The van der Waals surface area contributed by atoms with E-state index in [2.05, 4.69) is 4.74 Å². The van der Waals surface area contributed by atoms with Gasteiger partial charge in [-0.05, 0) is 36.4 Å². The summed E-state index contributed by atoms with van der Waals surface area (Å²) < 4.78 is 77.7. The van der Waals surface area contributed by atoms with Crippen LogP contribution in [-0.2, 0) is 6.18 Å². The van der Waals surface area contributed by atoms with Crippen LogP contribution < -0.4 is 9.47 Å². The van der Waals surface area contributed by atoms with Crippen LogP contribution in [-0.4, -0.2) is 6.61 Å². The first-order valence-electron chi connectivity index (χ1n) is 6.64. The minimum Gasteiger partial charge on any atom is -0.464 e. The summed E-state index contributed by atoms with van der Waals surface area (Å²) in [6.45, 7) is -3.29. The highest BCUT2D eigenvalue weighted by atomic mass is 19.4. The summed E-state index contributed by atoms with van der Waals surface area (Å²) >= 11 is 0. The fraction of sp³-hybridized carbons (Fsp3) is 0.125. The zero-order chi connectivity index (χ0) is 17.3. The molecule has 0 unspecified atom stereocenters. The molecule has 0 amide bonds. The Hall–Kier alpha value is -2.77. The van der Waals surface area contributed by atoms with E-state index in [0.717, 1.165) is 17.5 Å². The third-order valence-electron chi connectivity index (χ3n) is 3.14. The number of furan rings is 1. The molecule has 3 aromatic rings. The summed E-state index contributed by atoms with van der Waals surface area (Å²) in [7, 11) is 0. The molecule has 126 valence electrons. The molecule has 0 aliphatic heterocycles. The number of fused-ring (bicyclic) bond motifs is 1. The largest absolute Gasteiger partial charge is 0.464 e. The zero-order valence-electron chi connectivity index (χ0n) is 11.8. The van der Waals surface area contributed by atoms with Crippen LogP contribution in [0.15, 0.2) is 53.1 Å². The molecule has 1 heterocycles. The van der Waals surface area contributed by atoms with Gasteiger partial charge in [0.25, 0.3) is 0 Å². The molecule has 0 aliphatic carbocycles. The number of alkyl halides is 5. The predicted molar refractivity (Wildman–Crippen MR) is 74.4 cm³/mol. The van der Waals surface area contributed by atoms with Crippen LogP contribution in [0.1, 0.15) is 5.56 Å². The molecule has 1 aromatic heterocycles. The van der Waals surface area contributed by atoms with Crippen LogP contribution in [0.2, 0.25) is 0 Å². The highest BCUT2D eigenvalue weighted by Crippen LogP contribution is 2.39. The third-order valence-corrected chi connectivity index (χ3v) is 3.14. The van der Waals surface area contributed by atoms with E-state index in [1.165, 1.54) is 18.4 Å². The van der Waals surface area contributed by atoms with Crippen molar-refractivity contribution in [3.8, 4) is 17.2 Å². The monoisotopic (exact) mass is 344 g/mol. The van der Waals surface area contributed by atoms with E-state index < -0.39 is 24.1 Å². The summed E-state index contributed by atoms with van der Waals surface area (Å²) in [4.78, 5) is 0. The van der Waals surface area contributed by atoms with E-state index in [0.29, 0.717) is 11.6 Å². The molecule has 0 saturated carbocycles. The molecule has 24 heavy (non-hydrogen) atoms. The van der Waals surface area contributed by atoms with Crippen molar-refractivity contribution in [2.45, 2.75) is 12.8 Å². The summed E-state index contributed by atoms with van der Waals surface area (Å²) in [6.07, 6.45) is -3.23. The Morgan fingerprint density at radius 1 is 0.917 bits per heavy atom. The second kappa shape index (κ2) is 6.03. The minimum absolute atomic E-state index is 0.205. The maximum absolute atomic E-state index is 12.7. The highest BCUT2D eigenvalue weighted by molar-refractivity contribution is 5.78. The first-order chi connectivity index (χ1) is 11.3. The molecule has 0 atom stereocenters. The fourth-order valence-electron chi connectivity index (χ4n) is 2.08. The van der Waals surface area contributed by atoms with Gasteiger partial charge in [0.1, 0.15) is 11.3 Å². The van der Waals surface area contributed by atoms with Gasteiger partial charge in [0.2, 0.25) is 0 Å². The average Bonchev–Trinajstić information content (AvgIpc) is 2.95. The molecule has 0 N–H and O–H groups in total. The number of halogens is 5. The number of ether oxygens (including phenoxy) is 2. The molecule has 0 saturated heterocycles.